The third kappa shape index (κ3) is 1.93. The largest absolute Gasteiger partial charge is 0.310 e. The molecule has 70 valence electrons. The smallest absolute Gasteiger partial charge is 0.249 e. The number of piperidine rings is 1. The third-order valence-corrected chi connectivity index (χ3v) is 1.90. The van der Waals surface area contributed by atoms with Crippen LogP contribution in [0.5, 0.6) is 0 Å². The number of hydrogen-bond donors (Lipinski definition) is 1. The summed E-state index contributed by atoms with van der Waals surface area (Å²) in [6.07, 6.45) is 2.41. The molecule has 1 aliphatic rings. The highest BCUT2D eigenvalue weighted by Crippen LogP contribution is 2.10. The number of amides is 3. The first-order chi connectivity index (χ1) is 6.19. The Morgan fingerprint density at radius 2 is 2.23 bits per heavy atom. The standard InChI is InChI=1S/C8H10N2O3/c1-2-10(5-11)6-3-4-7(12)9-8(6)13/h2,5-6H,1,3-4H2,(H,9,12,13). The fraction of sp³-hybridized carbons (Fsp3) is 0.375. The van der Waals surface area contributed by atoms with Crippen molar-refractivity contribution in [2.45, 2.75) is 18.9 Å². The fourth-order valence-electron chi connectivity index (χ4n) is 1.21. The minimum atomic E-state index is -0.590. The first kappa shape index (κ1) is 9.44. The number of hydrogen-bond acceptors (Lipinski definition) is 3. The van der Waals surface area contributed by atoms with Gasteiger partial charge in [-0.25, -0.2) is 0 Å². The van der Waals surface area contributed by atoms with Gasteiger partial charge in [-0.1, -0.05) is 6.58 Å². The highest BCUT2D eigenvalue weighted by atomic mass is 16.2. The Morgan fingerprint density at radius 1 is 1.54 bits per heavy atom. The lowest BCUT2D eigenvalue weighted by molar-refractivity contribution is -0.139. The molecular formula is C8H10N2O3. The Hall–Kier alpha value is -1.65. The van der Waals surface area contributed by atoms with Crippen LogP contribution in [0.1, 0.15) is 12.8 Å². The molecule has 1 unspecified atom stereocenters. The molecule has 0 aliphatic carbocycles. The van der Waals surface area contributed by atoms with Crippen molar-refractivity contribution >= 4 is 18.2 Å². The molecule has 0 saturated carbocycles. The van der Waals surface area contributed by atoms with Crippen LogP contribution in [0.3, 0.4) is 0 Å². The predicted octanol–water partition coefficient (Wildman–Crippen LogP) is -0.607. The summed E-state index contributed by atoms with van der Waals surface area (Å²) in [6, 6.07) is -0.590. The molecule has 0 aromatic heterocycles. The Morgan fingerprint density at radius 3 is 2.69 bits per heavy atom. The van der Waals surface area contributed by atoms with Crippen molar-refractivity contribution in [1.29, 1.82) is 0 Å². The molecule has 0 aromatic rings. The fourth-order valence-corrected chi connectivity index (χ4v) is 1.21. The number of rotatable bonds is 3. The SMILES string of the molecule is C=CN(C=O)C1CCC(=O)NC1=O. The molecule has 13 heavy (non-hydrogen) atoms. The minimum Gasteiger partial charge on any atom is -0.310 e. The summed E-state index contributed by atoms with van der Waals surface area (Å²) < 4.78 is 0. The van der Waals surface area contributed by atoms with Gasteiger partial charge >= 0.3 is 0 Å². The van der Waals surface area contributed by atoms with Crippen molar-refractivity contribution in [3.8, 4) is 0 Å². The quantitative estimate of drug-likeness (QED) is 0.468. The summed E-state index contributed by atoms with van der Waals surface area (Å²) in [7, 11) is 0. The zero-order valence-electron chi connectivity index (χ0n) is 7.03. The van der Waals surface area contributed by atoms with Gasteiger partial charge in [-0.15, -0.1) is 0 Å². The Kier molecular flexibility index (Phi) is 2.79. The van der Waals surface area contributed by atoms with Gasteiger partial charge in [0.1, 0.15) is 6.04 Å². The van der Waals surface area contributed by atoms with Crippen LogP contribution in [0.25, 0.3) is 0 Å². The van der Waals surface area contributed by atoms with Crippen LogP contribution in [0.2, 0.25) is 0 Å². The topological polar surface area (TPSA) is 66.5 Å². The lowest BCUT2D eigenvalue weighted by Crippen LogP contribution is -2.50. The van der Waals surface area contributed by atoms with Gasteiger partial charge in [0.05, 0.1) is 0 Å². The van der Waals surface area contributed by atoms with Crippen LogP contribution in [-0.4, -0.2) is 29.2 Å². The van der Waals surface area contributed by atoms with E-state index in [0.717, 1.165) is 4.90 Å². The second-order valence-electron chi connectivity index (χ2n) is 2.70. The van der Waals surface area contributed by atoms with Gasteiger partial charge in [0.25, 0.3) is 0 Å². The first-order valence-electron chi connectivity index (χ1n) is 3.88. The molecule has 1 saturated heterocycles. The molecule has 1 atom stereocenters. The summed E-state index contributed by atoms with van der Waals surface area (Å²) in [5.74, 6) is -0.737. The molecule has 1 heterocycles. The first-order valence-corrected chi connectivity index (χ1v) is 3.88. The van der Waals surface area contributed by atoms with Crippen molar-refractivity contribution < 1.29 is 14.4 Å². The molecule has 0 bridgehead atoms. The zero-order chi connectivity index (χ0) is 9.84. The van der Waals surface area contributed by atoms with Crippen molar-refractivity contribution in [2.24, 2.45) is 0 Å². The van der Waals surface area contributed by atoms with Gasteiger partial charge in [-0.2, -0.15) is 0 Å². The number of carbonyl (C=O) groups is 3. The van der Waals surface area contributed by atoms with E-state index in [4.69, 9.17) is 0 Å². The predicted molar refractivity (Wildman–Crippen MR) is 44.3 cm³/mol. The van der Waals surface area contributed by atoms with E-state index in [1.807, 2.05) is 0 Å². The van der Waals surface area contributed by atoms with Gasteiger partial charge in [-0.3, -0.25) is 19.7 Å². The summed E-state index contributed by atoms with van der Waals surface area (Å²) in [6.45, 7) is 3.39. The molecule has 1 aliphatic heterocycles. The van der Waals surface area contributed by atoms with Gasteiger partial charge in [-0.05, 0) is 6.42 Å². The van der Waals surface area contributed by atoms with Crippen LogP contribution in [0.4, 0.5) is 0 Å². The number of carbonyl (C=O) groups excluding carboxylic acids is 3. The number of nitrogens with one attached hydrogen (secondary N) is 1. The van der Waals surface area contributed by atoms with E-state index < -0.39 is 11.9 Å². The van der Waals surface area contributed by atoms with E-state index >= 15 is 0 Å². The molecule has 3 amide bonds. The number of nitrogens with zero attached hydrogens (tertiary/aromatic N) is 1. The minimum absolute atomic E-state index is 0.259. The third-order valence-electron chi connectivity index (χ3n) is 1.90. The molecule has 1 fully saturated rings. The molecule has 0 aromatic carbocycles. The summed E-state index contributed by atoms with van der Waals surface area (Å²) in [4.78, 5) is 33.5. The van der Waals surface area contributed by atoms with Gasteiger partial charge in [0, 0.05) is 12.6 Å². The lowest BCUT2D eigenvalue weighted by Gasteiger charge is -2.26. The molecular weight excluding hydrogens is 172 g/mol. The van der Waals surface area contributed by atoms with E-state index in [-0.39, 0.29) is 12.3 Å². The van der Waals surface area contributed by atoms with Crippen LogP contribution in [0, 0.1) is 0 Å². The van der Waals surface area contributed by atoms with E-state index in [1.54, 1.807) is 0 Å². The average molecular weight is 182 g/mol. The highest BCUT2D eigenvalue weighted by Gasteiger charge is 2.29. The van der Waals surface area contributed by atoms with Crippen LogP contribution < -0.4 is 5.32 Å². The van der Waals surface area contributed by atoms with Gasteiger partial charge in [0.15, 0.2) is 0 Å². The zero-order valence-corrected chi connectivity index (χ0v) is 7.03. The second-order valence-corrected chi connectivity index (χ2v) is 2.70. The molecule has 5 nitrogen and oxygen atoms in total. The molecule has 0 radical (unpaired) electrons. The van der Waals surface area contributed by atoms with Crippen LogP contribution in [0.15, 0.2) is 12.8 Å². The summed E-state index contributed by atoms with van der Waals surface area (Å²) in [5.41, 5.74) is 0. The Labute approximate surface area is 75.4 Å². The van der Waals surface area contributed by atoms with Crippen LogP contribution in [-0.2, 0) is 14.4 Å². The molecule has 5 heteroatoms. The normalized spacial score (nSPS) is 22.0. The monoisotopic (exact) mass is 182 g/mol. The highest BCUT2D eigenvalue weighted by molar-refractivity contribution is 6.00. The molecule has 1 N–H and O–H groups in total. The van der Waals surface area contributed by atoms with Crippen molar-refractivity contribution in [3.05, 3.63) is 12.8 Å². The lowest BCUT2D eigenvalue weighted by atomic mass is 10.1. The maximum Gasteiger partial charge on any atom is 0.249 e. The number of imide groups is 1. The molecule has 0 spiro atoms. The Balaban J connectivity index is 2.69. The van der Waals surface area contributed by atoms with E-state index in [2.05, 4.69) is 11.9 Å². The second kappa shape index (κ2) is 3.84. The van der Waals surface area contributed by atoms with Gasteiger partial charge < -0.3 is 4.90 Å². The maximum atomic E-state index is 11.2. The maximum absolute atomic E-state index is 11.2. The van der Waals surface area contributed by atoms with Crippen molar-refractivity contribution in [2.75, 3.05) is 0 Å². The summed E-state index contributed by atoms with van der Waals surface area (Å²) >= 11 is 0. The van der Waals surface area contributed by atoms with Crippen molar-refractivity contribution in [1.82, 2.24) is 10.2 Å². The van der Waals surface area contributed by atoms with E-state index in [1.165, 1.54) is 6.20 Å². The summed E-state index contributed by atoms with van der Waals surface area (Å²) in [5, 5.41) is 2.15. The average Bonchev–Trinajstić information content (AvgIpc) is 2.10. The van der Waals surface area contributed by atoms with Crippen LogP contribution >= 0.6 is 0 Å². The van der Waals surface area contributed by atoms with E-state index in [9.17, 15) is 14.4 Å². The Bertz CT molecular complexity index is 254. The molecule has 1 rings (SSSR count). The van der Waals surface area contributed by atoms with Crippen molar-refractivity contribution in [3.63, 3.8) is 0 Å². The van der Waals surface area contributed by atoms with Gasteiger partial charge in [0.2, 0.25) is 18.2 Å². The van der Waals surface area contributed by atoms with E-state index in [0.29, 0.717) is 12.8 Å².